The third-order valence-electron chi connectivity index (χ3n) is 3.63. The van der Waals surface area contributed by atoms with E-state index in [0.29, 0.717) is 39.8 Å². The van der Waals surface area contributed by atoms with Gasteiger partial charge in [-0.2, -0.15) is 5.26 Å². The van der Waals surface area contributed by atoms with E-state index in [9.17, 15) is 14.4 Å². The minimum absolute atomic E-state index is 0.286. The molecule has 1 aromatic heterocycles. The molecular weight excluding hydrogens is 339 g/mol. The van der Waals surface area contributed by atoms with Crippen LogP contribution in [-0.4, -0.2) is 21.1 Å². The predicted molar refractivity (Wildman–Crippen MR) is 95.9 cm³/mol. The van der Waals surface area contributed by atoms with Crippen molar-refractivity contribution in [2.24, 2.45) is 0 Å². The van der Waals surface area contributed by atoms with Crippen LogP contribution in [0.1, 0.15) is 36.5 Å². The van der Waals surface area contributed by atoms with Crippen LogP contribution in [0.3, 0.4) is 0 Å². The molecule has 130 valence electrons. The van der Waals surface area contributed by atoms with Gasteiger partial charge in [0.25, 0.3) is 0 Å². The Balaban J connectivity index is 2.17. The highest BCUT2D eigenvalue weighted by Crippen LogP contribution is 2.27. The lowest BCUT2D eigenvalue weighted by Gasteiger charge is -2.14. The smallest absolute Gasteiger partial charge is 0.237 e. The monoisotopic (exact) mass is 358 g/mol. The predicted octanol–water partition coefficient (Wildman–Crippen LogP) is 3.79. The molecule has 1 N–H and O–H groups in total. The standard InChI is InChI=1S/C18H19FN4OS/c1-5-16-21-11(3)14(9-20)18(23-16)25-12(4)17(24)22-13-7-6-10(2)15(19)8-13/h6-8,12H,5H2,1-4H3,(H,22,24). The molecule has 1 heterocycles. The molecule has 0 saturated carbocycles. The van der Waals surface area contributed by atoms with Gasteiger partial charge in [0.05, 0.1) is 10.9 Å². The van der Waals surface area contributed by atoms with E-state index >= 15 is 0 Å². The lowest BCUT2D eigenvalue weighted by Crippen LogP contribution is -2.23. The van der Waals surface area contributed by atoms with Crippen molar-refractivity contribution in [2.75, 3.05) is 5.32 Å². The maximum absolute atomic E-state index is 13.6. The Kier molecular flexibility index (Phi) is 6.10. The highest BCUT2D eigenvalue weighted by molar-refractivity contribution is 8.00. The summed E-state index contributed by atoms with van der Waals surface area (Å²) < 4.78 is 13.6. The van der Waals surface area contributed by atoms with Gasteiger partial charge in [0.2, 0.25) is 5.91 Å². The first kappa shape index (κ1) is 18.9. The SMILES string of the molecule is CCc1nc(C)c(C#N)c(SC(C)C(=O)Nc2ccc(C)c(F)c2)n1. The summed E-state index contributed by atoms with van der Waals surface area (Å²) in [5.41, 5.74) is 1.89. The van der Waals surface area contributed by atoms with Crippen LogP contribution >= 0.6 is 11.8 Å². The van der Waals surface area contributed by atoms with Crippen LogP contribution in [-0.2, 0) is 11.2 Å². The summed E-state index contributed by atoms with van der Waals surface area (Å²) in [6.07, 6.45) is 0.642. The molecule has 1 amide bonds. The summed E-state index contributed by atoms with van der Waals surface area (Å²) in [6, 6.07) is 6.64. The number of benzene rings is 1. The number of aromatic nitrogens is 2. The number of carbonyl (C=O) groups excluding carboxylic acids is 1. The van der Waals surface area contributed by atoms with Crippen LogP contribution in [0.4, 0.5) is 10.1 Å². The molecule has 0 fully saturated rings. The number of rotatable bonds is 5. The molecule has 2 aromatic rings. The van der Waals surface area contributed by atoms with Crippen LogP contribution in [0.15, 0.2) is 23.2 Å². The van der Waals surface area contributed by atoms with Gasteiger partial charge in [0.15, 0.2) is 0 Å². The Labute approximate surface area is 150 Å². The third-order valence-corrected chi connectivity index (χ3v) is 4.71. The first-order chi connectivity index (χ1) is 11.8. The maximum atomic E-state index is 13.6. The zero-order valence-corrected chi connectivity index (χ0v) is 15.4. The summed E-state index contributed by atoms with van der Waals surface area (Å²) >= 11 is 1.19. The first-order valence-electron chi connectivity index (χ1n) is 7.87. The first-order valence-corrected chi connectivity index (χ1v) is 8.75. The zero-order chi connectivity index (χ0) is 18.6. The van der Waals surface area contributed by atoms with Gasteiger partial charge in [-0.05, 0) is 38.5 Å². The van der Waals surface area contributed by atoms with Gasteiger partial charge in [-0.25, -0.2) is 14.4 Å². The van der Waals surface area contributed by atoms with Gasteiger partial charge < -0.3 is 5.32 Å². The normalized spacial score (nSPS) is 11.7. The number of amides is 1. The van der Waals surface area contributed by atoms with Crippen LogP contribution in [0, 0.1) is 31.0 Å². The third kappa shape index (κ3) is 4.54. The summed E-state index contributed by atoms with van der Waals surface area (Å²) in [7, 11) is 0. The van der Waals surface area contributed by atoms with E-state index in [-0.39, 0.29) is 11.7 Å². The number of nitriles is 1. The minimum atomic E-state index is -0.504. The number of nitrogens with one attached hydrogen (secondary N) is 1. The van der Waals surface area contributed by atoms with Gasteiger partial charge in [-0.1, -0.05) is 24.8 Å². The molecular formula is C18H19FN4OS. The molecule has 2 rings (SSSR count). The topological polar surface area (TPSA) is 78.7 Å². The molecule has 0 spiro atoms. The fourth-order valence-electron chi connectivity index (χ4n) is 2.11. The van der Waals surface area contributed by atoms with Crippen molar-refractivity contribution >= 4 is 23.4 Å². The van der Waals surface area contributed by atoms with Gasteiger partial charge in [0.1, 0.15) is 28.3 Å². The molecule has 0 bridgehead atoms. The van der Waals surface area contributed by atoms with E-state index in [4.69, 9.17) is 0 Å². The van der Waals surface area contributed by atoms with E-state index in [1.165, 1.54) is 17.8 Å². The maximum Gasteiger partial charge on any atom is 0.237 e. The summed E-state index contributed by atoms with van der Waals surface area (Å²) in [4.78, 5) is 21.0. The Morgan fingerprint density at radius 3 is 2.72 bits per heavy atom. The molecule has 0 aliphatic rings. The fourth-order valence-corrected chi connectivity index (χ4v) is 3.08. The number of halogens is 1. The second-order valence-electron chi connectivity index (χ2n) is 5.58. The molecule has 1 aromatic carbocycles. The zero-order valence-electron chi connectivity index (χ0n) is 14.6. The lowest BCUT2D eigenvalue weighted by atomic mass is 10.2. The molecule has 0 aliphatic heterocycles. The Hall–Kier alpha value is -2.46. The summed E-state index contributed by atoms with van der Waals surface area (Å²) in [5.74, 6) is -0.0254. The summed E-state index contributed by atoms with van der Waals surface area (Å²) in [5, 5.41) is 12.0. The number of hydrogen-bond donors (Lipinski definition) is 1. The van der Waals surface area contributed by atoms with Gasteiger partial charge in [-0.3, -0.25) is 4.79 Å². The number of thioether (sulfide) groups is 1. The molecule has 0 radical (unpaired) electrons. The van der Waals surface area contributed by atoms with Crippen molar-refractivity contribution < 1.29 is 9.18 Å². The number of nitrogens with zero attached hydrogens (tertiary/aromatic N) is 3. The minimum Gasteiger partial charge on any atom is -0.325 e. The van der Waals surface area contributed by atoms with Gasteiger partial charge in [-0.15, -0.1) is 0 Å². The highest BCUT2D eigenvalue weighted by atomic mass is 32.2. The Morgan fingerprint density at radius 1 is 1.40 bits per heavy atom. The van der Waals surface area contributed by atoms with Crippen LogP contribution in [0.25, 0.3) is 0 Å². The van der Waals surface area contributed by atoms with Crippen molar-refractivity contribution in [3.05, 3.63) is 46.7 Å². The molecule has 7 heteroatoms. The second kappa shape index (κ2) is 8.08. The largest absolute Gasteiger partial charge is 0.325 e. The molecule has 5 nitrogen and oxygen atoms in total. The van der Waals surface area contributed by atoms with Crippen molar-refractivity contribution in [1.29, 1.82) is 5.26 Å². The van der Waals surface area contributed by atoms with E-state index in [0.717, 1.165) is 0 Å². The average molecular weight is 358 g/mol. The van der Waals surface area contributed by atoms with Gasteiger partial charge >= 0.3 is 0 Å². The van der Waals surface area contributed by atoms with Crippen molar-refractivity contribution in [2.45, 2.75) is 44.4 Å². The van der Waals surface area contributed by atoms with Crippen molar-refractivity contribution in [3.8, 4) is 6.07 Å². The summed E-state index contributed by atoms with van der Waals surface area (Å²) in [6.45, 7) is 7.06. The second-order valence-corrected chi connectivity index (χ2v) is 6.91. The number of carbonyl (C=O) groups is 1. The number of anilines is 1. The Bertz CT molecular complexity index is 848. The Morgan fingerprint density at radius 2 is 2.12 bits per heavy atom. The highest BCUT2D eigenvalue weighted by Gasteiger charge is 2.20. The van der Waals surface area contributed by atoms with E-state index in [1.807, 2.05) is 6.92 Å². The van der Waals surface area contributed by atoms with E-state index in [2.05, 4.69) is 21.4 Å². The van der Waals surface area contributed by atoms with Crippen LogP contribution in [0.5, 0.6) is 0 Å². The van der Waals surface area contributed by atoms with Crippen LogP contribution < -0.4 is 5.32 Å². The molecule has 0 aliphatic carbocycles. The molecule has 0 saturated heterocycles. The average Bonchev–Trinajstić information content (AvgIpc) is 2.57. The molecule has 1 atom stereocenters. The van der Waals surface area contributed by atoms with Crippen molar-refractivity contribution in [1.82, 2.24) is 9.97 Å². The fraction of sp³-hybridized carbons (Fsp3) is 0.333. The molecule has 25 heavy (non-hydrogen) atoms. The van der Waals surface area contributed by atoms with Crippen LogP contribution in [0.2, 0.25) is 0 Å². The van der Waals surface area contributed by atoms with Gasteiger partial charge in [0, 0.05) is 12.1 Å². The lowest BCUT2D eigenvalue weighted by molar-refractivity contribution is -0.115. The van der Waals surface area contributed by atoms with Crippen molar-refractivity contribution in [3.63, 3.8) is 0 Å². The van der Waals surface area contributed by atoms with E-state index in [1.54, 1.807) is 32.9 Å². The quantitative estimate of drug-likeness (QED) is 0.650. The van der Waals surface area contributed by atoms with E-state index < -0.39 is 5.25 Å². The molecule has 1 unspecified atom stereocenters. The number of aryl methyl sites for hydroxylation is 3. The number of hydrogen-bond acceptors (Lipinski definition) is 5.